The van der Waals surface area contributed by atoms with Crippen LogP contribution in [0, 0.1) is 0 Å². The number of hydrogen-bond acceptors (Lipinski definition) is 4. The number of halogens is 1. The molecule has 1 heterocycles. The van der Waals surface area contributed by atoms with E-state index in [4.69, 9.17) is 11.6 Å². The molecule has 0 aliphatic carbocycles. The van der Waals surface area contributed by atoms with Crippen molar-refractivity contribution in [1.82, 2.24) is 9.21 Å². The molecule has 7 heteroatoms. The number of rotatable bonds is 4. The van der Waals surface area contributed by atoms with Crippen LogP contribution in [-0.2, 0) is 16.6 Å². The van der Waals surface area contributed by atoms with E-state index in [2.05, 4.69) is 0 Å². The van der Waals surface area contributed by atoms with E-state index in [0.29, 0.717) is 23.7 Å². The van der Waals surface area contributed by atoms with Crippen molar-refractivity contribution in [2.75, 3.05) is 27.2 Å². The van der Waals surface area contributed by atoms with E-state index in [1.807, 2.05) is 19.0 Å². The second-order valence-electron chi connectivity index (χ2n) is 5.18. The molecular weight excluding hydrogens is 300 g/mol. The first kappa shape index (κ1) is 15.7. The van der Waals surface area contributed by atoms with Crippen molar-refractivity contribution in [3.8, 4) is 0 Å². The van der Waals surface area contributed by atoms with E-state index >= 15 is 0 Å². The van der Waals surface area contributed by atoms with Crippen LogP contribution in [0.3, 0.4) is 0 Å². The quantitative estimate of drug-likeness (QED) is 0.905. The van der Waals surface area contributed by atoms with E-state index < -0.39 is 10.0 Å². The van der Waals surface area contributed by atoms with Crippen LogP contribution in [0.1, 0.15) is 12.0 Å². The van der Waals surface area contributed by atoms with Crippen LogP contribution >= 0.6 is 11.6 Å². The summed E-state index contributed by atoms with van der Waals surface area (Å²) in [5.41, 5.74) is 0.427. The van der Waals surface area contributed by atoms with E-state index in [1.165, 1.54) is 22.5 Å². The van der Waals surface area contributed by atoms with Gasteiger partial charge in [-0.1, -0.05) is 11.6 Å². The van der Waals surface area contributed by atoms with Gasteiger partial charge in [0.1, 0.15) is 0 Å². The molecule has 1 aliphatic rings. The summed E-state index contributed by atoms with van der Waals surface area (Å²) in [7, 11) is 0.385. The predicted octanol–water partition coefficient (Wildman–Crippen LogP) is 1.16. The SMILES string of the molecule is CN(C)C1CCN(S(=O)(=O)c2ccc(Cl)c(CO)c2)C1. The van der Waals surface area contributed by atoms with Gasteiger partial charge in [0.05, 0.1) is 11.5 Å². The minimum absolute atomic E-state index is 0.186. The molecule has 0 saturated carbocycles. The maximum atomic E-state index is 12.6. The van der Waals surface area contributed by atoms with Crippen LogP contribution in [-0.4, -0.2) is 56.0 Å². The lowest BCUT2D eigenvalue weighted by atomic mass is 10.2. The Hall–Kier alpha value is -0.660. The molecule has 1 unspecified atom stereocenters. The number of hydrogen-bond donors (Lipinski definition) is 1. The molecule has 5 nitrogen and oxygen atoms in total. The molecule has 1 N–H and O–H groups in total. The van der Waals surface area contributed by atoms with Crippen LogP contribution in [0.15, 0.2) is 23.1 Å². The minimum Gasteiger partial charge on any atom is -0.392 e. The monoisotopic (exact) mass is 318 g/mol. The molecule has 2 rings (SSSR count). The van der Waals surface area contributed by atoms with E-state index in [-0.39, 0.29) is 17.5 Å². The third-order valence-corrected chi connectivity index (χ3v) is 5.91. The second kappa shape index (κ2) is 5.99. The zero-order valence-corrected chi connectivity index (χ0v) is 13.2. The minimum atomic E-state index is -3.52. The molecule has 0 radical (unpaired) electrons. The summed E-state index contributed by atoms with van der Waals surface area (Å²) in [4.78, 5) is 2.22. The zero-order valence-electron chi connectivity index (χ0n) is 11.6. The van der Waals surface area contributed by atoms with Crippen molar-refractivity contribution in [2.24, 2.45) is 0 Å². The largest absolute Gasteiger partial charge is 0.392 e. The molecular formula is C13H19ClN2O3S. The summed E-state index contributed by atoms with van der Waals surface area (Å²) in [5, 5.41) is 9.56. The number of nitrogens with zero attached hydrogens (tertiary/aromatic N) is 2. The van der Waals surface area contributed by atoms with Gasteiger partial charge in [-0.25, -0.2) is 8.42 Å². The van der Waals surface area contributed by atoms with Gasteiger partial charge in [-0.3, -0.25) is 0 Å². The maximum absolute atomic E-state index is 12.6. The van der Waals surface area contributed by atoms with Gasteiger partial charge in [0.15, 0.2) is 0 Å². The highest BCUT2D eigenvalue weighted by atomic mass is 35.5. The first-order chi connectivity index (χ1) is 9.36. The van der Waals surface area contributed by atoms with E-state index in [9.17, 15) is 13.5 Å². The molecule has 0 amide bonds. The van der Waals surface area contributed by atoms with Gasteiger partial charge in [0.2, 0.25) is 10.0 Å². The van der Waals surface area contributed by atoms with E-state index in [0.717, 1.165) is 6.42 Å². The second-order valence-corrected chi connectivity index (χ2v) is 7.53. The molecule has 20 heavy (non-hydrogen) atoms. The lowest BCUT2D eigenvalue weighted by Crippen LogP contribution is -2.34. The van der Waals surface area contributed by atoms with Crippen LogP contribution < -0.4 is 0 Å². The smallest absolute Gasteiger partial charge is 0.243 e. The number of benzene rings is 1. The molecule has 1 aliphatic heterocycles. The molecule has 1 aromatic rings. The fourth-order valence-corrected chi connectivity index (χ4v) is 4.05. The van der Waals surface area contributed by atoms with Crippen molar-refractivity contribution in [2.45, 2.75) is 24.0 Å². The summed E-state index contributed by atoms with van der Waals surface area (Å²) in [6.45, 7) is 0.733. The molecule has 1 aromatic carbocycles. The van der Waals surface area contributed by atoms with Crippen molar-refractivity contribution in [3.05, 3.63) is 28.8 Å². The first-order valence-corrected chi connectivity index (χ1v) is 8.24. The summed E-state index contributed by atoms with van der Waals surface area (Å²) in [6.07, 6.45) is 0.826. The van der Waals surface area contributed by atoms with Crippen LogP contribution in [0.4, 0.5) is 0 Å². The normalized spacial score (nSPS) is 20.8. The molecule has 0 spiro atoms. The Bertz CT molecular complexity index is 589. The van der Waals surface area contributed by atoms with Gasteiger partial charge in [0.25, 0.3) is 0 Å². The van der Waals surface area contributed by atoms with Gasteiger partial charge in [-0.2, -0.15) is 4.31 Å². The molecule has 1 fully saturated rings. The van der Waals surface area contributed by atoms with Gasteiger partial charge in [-0.15, -0.1) is 0 Å². The van der Waals surface area contributed by atoms with Gasteiger partial charge in [0, 0.05) is 24.2 Å². The molecule has 0 aromatic heterocycles. The topological polar surface area (TPSA) is 60.9 Å². The molecule has 1 atom stereocenters. The van der Waals surface area contributed by atoms with Gasteiger partial charge in [-0.05, 0) is 44.3 Å². The average molecular weight is 319 g/mol. The molecule has 112 valence electrons. The van der Waals surface area contributed by atoms with Crippen LogP contribution in [0.2, 0.25) is 5.02 Å². The van der Waals surface area contributed by atoms with Crippen molar-refractivity contribution < 1.29 is 13.5 Å². The van der Waals surface area contributed by atoms with Crippen LogP contribution in [0.5, 0.6) is 0 Å². The Labute approximate surface area is 124 Å². The number of aliphatic hydroxyl groups is 1. The predicted molar refractivity (Wildman–Crippen MR) is 78.2 cm³/mol. The van der Waals surface area contributed by atoms with E-state index in [1.54, 1.807) is 0 Å². The standard InChI is InChI=1S/C13H19ClN2O3S/c1-15(2)11-5-6-16(8-11)20(18,19)12-3-4-13(14)10(7-12)9-17/h3-4,7,11,17H,5-6,8-9H2,1-2H3. The maximum Gasteiger partial charge on any atom is 0.243 e. The van der Waals surface area contributed by atoms with Crippen molar-refractivity contribution in [1.29, 1.82) is 0 Å². The molecule has 1 saturated heterocycles. The summed E-state index contributed by atoms with van der Waals surface area (Å²) in [5.74, 6) is 0. The Morgan fingerprint density at radius 3 is 2.70 bits per heavy atom. The van der Waals surface area contributed by atoms with Crippen molar-refractivity contribution in [3.63, 3.8) is 0 Å². The fraction of sp³-hybridized carbons (Fsp3) is 0.538. The Morgan fingerprint density at radius 2 is 2.15 bits per heavy atom. The third kappa shape index (κ3) is 2.99. The molecule has 0 bridgehead atoms. The average Bonchev–Trinajstić information content (AvgIpc) is 2.89. The Balaban J connectivity index is 2.27. The lowest BCUT2D eigenvalue weighted by molar-refractivity contribution is 0.281. The van der Waals surface area contributed by atoms with Crippen LogP contribution in [0.25, 0.3) is 0 Å². The number of aliphatic hydroxyl groups excluding tert-OH is 1. The Morgan fingerprint density at radius 1 is 1.45 bits per heavy atom. The number of likely N-dealkylation sites (N-methyl/N-ethyl adjacent to an activating group) is 1. The van der Waals surface area contributed by atoms with Gasteiger partial charge < -0.3 is 10.0 Å². The highest BCUT2D eigenvalue weighted by molar-refractivity contribution is 7.89. The highest BCUT2D eigenvalue weighted by Gasteiger charge is 2.33. The Kier molecular flexibility index (Phi) is 4.71. The van der Waals surface area contributed by atoms with Gasteiger partial charge >= 0.3 is 0 Å². The number of sulfonamides is 1. The lowest BCUT2D eigenvalue weighted by Gasteiger charge is -2.20. The zero-order chi connectivity index (χ0) is 14.9. The highest BCUT2D eigenvalue weighted by Crippen LogP contribution is 2.26. The third-order valence-electron chi connectivity index (χ3n) is 3.68. The van der Waals surface area contributed by atoms with Crippen molar-refractivity contribution >= 4 is 21.6 Å². The summed E-state index contributed by atoms with van der Waals surface area (Å²) >= 11 is 5.90. The summed E-state index contributed by atoms with van der Waals surface area (Å²) in [6, 6.07) is 4.69. The fourth-order valence-electron chi connectivity index (χ4n) is 2.33. The summed E-state index contributed by atoms with van der Waals surface area (Å²) < 4.78 is 26.6. The first-order valence-electron chi connectivity index (χ1n) is 6.42.